The van der Waals surface area contributed by atoms with Gasteiger partial charge in [0.15, 0.2) is 6.61 Å². The van der Waals surface area contributed by atoms with Crippen LogP contribution in [0.25, 0.3) is 0 Å². The largest absolute Gasteiger partial charge is 0.491 e. The van der Waals surface area contributed by atoms with Gasteiger partial charge in [0.1, 0.15) is 18.1 Å². The molecule has 2 aromatic rings. The lowest BCUT2D eigenvalue weighted by molar-refractivity contribution is -0.123. The van der Waals surface area contributed by atoms with Crippen molar-refractivity contribution in [2.24, 2.45) is 0 Å². The maximum atomic E-state index is 11.7. The van der Waals surface area contributed by atoms with Gasteiger partial charge in [0.2, 0.25) is 0 Å². The molecule has 0 saturated heterocycles. The average Bonchev–Trinajstić information content (AvgIpc) is 2.52. The fraction of sp³-hybridized carbons (Fsp3) is 0.278. The van der Waals surface area contributed by atoms with Gasteiger partial charge in [-0.15, -0.1) is 0 Å². The summed E-state index contributed by atoms with van der Waals surface area (Å²) in [5.41, 5.74) is 2.28. The van der Waals surface area contributed by atoms with Crippen LogP contribution in [0.1, 0.15) is 11.1 Å². The predicted octanol–water partition coefficient (Wildman–Crippen LogP) is 3.53. The first-order chi connectivity index (χ1) is 11.0. The maximum absolute atomic E-state index is 11.7. The van der Waals surface area contributed by atoms with Crippen LogP contribution in [0.5, 0.6) is 11.5 Å². The number of aryl methyl sites for hydroxylation is 2. The third kappa shape index (κ3) is 5.83. The lowest BCUT2D eigenvalue weighted by Gasteiger charge is -2.11. The Labute approximate surface area is 141 Å². The Morgan fingerprint density at radius 2 is 1.83 bits per heavy atom. The van der Waals surface area contributed by atoms with Crippen LogP contribution in [0.15, 0.2) is 42.5 Å². The molecule has 0 unspecified atom stereocenters. The molecular formula is C18H20ClNO3. The van der Waals surface area contributed by atoms with Crippen LogP contribution in [0, 0.1) is 13.8 Å². The predicted molar refractivity (Wildman–Crippen MR) is 91.4 cm³/mol. The van der Waals surface area contributed by atoms with E-state index in [1.807, 2.05) is 26.0 Å². The second-order valence-electron chi connectivity index (χ2n) is 5.21. The van der Waals surface area contributed by atoms with Crippen molar-refractivity contribution in [2.45, 2.75) is 13.8 Å². The summed E-state index contributed by atoms with van der Waals surface area (Å²) in [4.78, 5) is 11.7. The van der Waals surface area contributed by atoms with Gasteiger partial charge in [-0.3, -0.25) is 4.79 Å². The molecule has 0 radical (unpaired) electrons. The number of halogens is 1. The van der Waals surface area contributed by atoms with Crippen LogP contribution >= 0.6 is 11.6 Å². The first-order valence-electron chi connectivity index (χ1n) is 7.40. The molecule has 1 N–H and O–H groups in total. The molecule has 1 amide bonds. The Kier molecular flexibility index (Phi) is 6.29. The Morgan fingerprint density at radius 1 is 1.09 bits per heavy atom. The molecule has 23 heavy (non-hydrogen) atoms. The van der Waals surface area contributed by atoms with Gasteiger partial charge in [-0.2, -0.15) is 0 Å². The van der Waals surface area contributed by atoms with E-state index in [0.29, 0.717) is 23.9 Å². The number of nitrogens with one attached hydrogen (secondary N) is 1. The first kappa shape index (κ1) is 17.2. The van der Waals surface area contributed by atoms with Crippen LogP contribution in [-0.2, 0) is 4.79 Å². The van der Waals surface area contributed by atoms with E-state index in [-0.39, 0.29) is 12.5 Å². The average molecular weight is 334 g/mol. The van der Waals surface area contributed by atoms with Crippen LogP contribution in [-0.4, -0.2) is 25.7 Å². The van der Waals surface area contributed by atoms with Gasteiger partial charge in [0, 0.05) is 5.02 Å². The highest BCUT2D eigenvalue weighted by atomic mass is 35.5. The van der Waals surface area contributed by atoms with Crippen molar-refractivity contribution >= 4 is 17.5 Å². The van der Waals surface area contributed by atoms with Gasteiger partial charge in [0.25, 0.3) is 5.91 Å². The molecule has 0 bridgehead atoms. The van der Waals surface area contributed by atoms with Crippen molar-refractivity contribution in [3.05, 3.63) is 58.6 Å². The second kappa shape index (κ2) is 8.44. The maximum Gasteiger partial charge on any atom is 0.258 e. The van der Waals surface area contributed by atoms with E-state index in [4.69, 9.17) is 21.1 Å². The summed E-state index contributed by atoms with van der Waals surface area (Å²) in [5, 5.41) is 3.38. The minimum Gasteiger partial charge on any atom is -0.491 e. The van der Waals surface area contributed by atoms with Gasteiger partial charge >= 0.3 is 0 Å². The van der Waals surface area contributed by atoms with Gasteiger partial charge in [-0.1, -0.05) is 29.3 Å². The molecule has 0 atom stereocenters. The second-order valence-corrected chi connectivity index (χ2v) is 5.65. The number of carbonyl (C=O) groups is 1. The summed E-state index contributed by atoms with van der Waals surface area (Å²) < 4.78 is 11.0. The molecule has 2 rings (SSSR count). The van der Waals surface area contributed by atoms with Crippen molar-refractivity contribution < 1.29 is 14.3 Å². The van der Waals surface area contributed by atoms with E-state index >= 15 is 0 Å². The van der Waals surface area contributed by atoms with Crippen molar-refractivity contribution in [1.29, 1.82) is 0 Å². The summed E-state index contributed by atoms with van der Waals surface area (Å²) in [7, 11) is 0. The lowest BCUT2D eigenvalue weighted by Crippen LogP contribution is -2.32. The van der Waals surface area contributed by atoms with Crippen LogP contribution < -0.4 is 14.8 Å². The zero-order chi connectivity index (χ0) is 16.7. The van der Waals surface area contributed by atoms with Crippen molar-refractivity contribution in [2.75, 3.05) is 19.8 Å². The van der Waals surface area contributed by atoms with Crippen molar-refractivity contribution in [3.63, 3.8) is 0 Å². The van der Waals surface area contributed by atoms with Crippen LogP contribution in [0.2, 0.25) is 5.02 Å². The van der Waals surface area contributed by atoms with Crippen molar-refractivity contribution in [3.8, 4) is 11.5 Å². The standard InChI is InChI=1S/C18H20ClNO3/c1-13-3-8-17(14(2)11-13)22-10-9-20-18(21)12-23-16-6-4-15(19)5-7-16/h3-8,11H,9-10,12H2,1-2H3,(H,20,21). The monoisotopic (exact) mass is 333 g/mol. The molecule has 0 saturated carbocycles. The number of carbonyl (C=O) groups excluding carboxylic acids is 1. The fourth-order valence-corrected chi connectivity index (χ4v) is 2.17. The van der Waals surface area contributed by atoms with E-state index in [2.05, 4.69) is 11.4 Å². The SMILES string of the molecule is Cc1ccc(OCCNC(=O)COc2ccc(Cl)cc2)c(C)c1. The molecule has 2 aromatic carbocycles. The molecule has 0 heterocycles. The summed E-state index contributed by atoms with van der Waals surface area (Å²) in [6.07, 6.45) is 0. The highest BCUT2D eigenvalue weighted by molar-refractivity contribution is 6.30. The van der Waals surface area contributed by atoms with Crippen LogP contribution in [0.3, 0.4) is 0 Å². The normalized spacial score (nSPS) is 10.2. The van der Waals surface area contributed by atoms with Crippen LogP contribution in [0.4, 0.5) is 0 Å². The number of rotatable bonds is 7. The third-order valence-corrected chi connectivity index (χ3v) is 3.45. The fourth-order valence-electron chi connectivity index (χ4n) is 2.04. The quantitative estimate of drug-likeness (QED) is 0.788. The lowest BCUT2D eigenvalue weighted by atomic mass is 10.1. The zero-order valence-corrected chi connectivity index (χ0v) is 14.0. The molecule has 0 spiro atoms. The molecular weight excluding hydrogens is 314 g/mol. The topological polar surface area (TPSA) is 47.6 Å². The summed E-state index contributed by atoms with van der Waals surface area (Å²) in [6.45, 7) is 4.84. The van der Waals surface area contributed by atoms with Gasteiger partial charge in [-0.25, -0.2) is 0 Å². The summed E-state index contributed by atoms with van der Waals surface area (Å²) >= 11 is 5.78. The number of benzene rings is 2. The van der Waals surface area contributed by atoms with E-state index in [9.17, 15) is 4.79 Å². The zero-order valence-electron chi connectivity index (χ0n) is 13.3. The molecule has 0 fully saturated rings. The Hall–Kier alpha value is -2.20. The minimum atomic E-state index is -0.191. The Morgan fingerprint density at radius 3 is 2.52 bits per heavy atom. The van der Waals surface area contributed by atoms with Gasteiger partial charge in [0.05, 0.1) is 6.54 Å². The van der Waals surface area contributed by atoms with E-state index in [0.717, 1.165) is 11.3 Å². The number of hydrogen-bond acceptors (Lipinski definition) is 3. The molecule has 5 heteroatoms. The molecule has 122 valence electrons. The van der Waals surface area contributed by atoms with Gasteiger partial charge < -0.3 is 14.8 Å². The van der Waals surface area contributed by atoms with E-state index < -0.39 is 0 Å². The Balaban J connectivity index is 1.65. The highest BCUT2D eigenvalue weighted by Crippen LogP contribution is 2.18. The van der Waals surface area contributed by atoms with Gasteiger partial charge in [-0.05, 0) is 49.7 Å². The molecule has 0 aromatic heterocycles. The molecule has 0 aliphatic rings. The minimum absolute atomic E-state index is 0.0365. The summed E-state index contributed by atoms with van der Waals surface area (Å²) in [5.74, 6) is 1.25. The highest BCUT2D eigenvalue weighted by Gasteiger charge is 2.03. The Bertz CT molecular complexity index is 656. The van der Waals surface area contributed by atoms with E-state index in [1.54, 1.807) is 24.3 Å². The van der Waals surface area contributed by atoms with Crippen molar-refractivity contribution in [1.82, 2.24) is 5.32 Å². The van der Waals surface area contributed by atoms with E-state index in [1.165, 1.54) is 5.56 Å². The molecule has 4 nitrogen and oxygen atoms in total. The smallest absolute Gasteiger partial charge is 0.258 e. The third-order valence-electron chi connectivity index (χ3n) is 3.20. The summed E-state index contributed by atoms with van der Waals surface area (Å²) in [6, 6.07) is 12.9. The number of amides is 1. The first-order valence-corrected chi connectivity index (χ1v) is 7.77. The molecule has 0 aliphatic heterocycles. The number of ether oxygens (including phenoxy) is 2. The number of hydrogen-bond donors (Lipinski definition) is 1. The molecule has 0 aliphatic carbocycles.